The Morgan fingerprint density at radius 3 is 2.66 bits per heavy atom. The fourth-order valence-corrected chi connectivity index (χ4v) is 4.81. The number of nitrogens with zero attached hydrogens (tertiary/aromatic N) is 2. The van der Waals surface area contributed by atoms with Gasteiger partial charge in [-0.1, -0.05) is 0 Å². The van der Waals surface area contributed by atoms with E-state index in [2.05, 4.69) is 5.32 Å². The van der Waals surface area contributed by atoms with Crippen molar-refractivity contribution in [1.29, 1.82) is 0 Å². The van der Waals surface area contributed by atoms with Gasteiger partial charge in [-0.05, 0) is 61.8 Å². The third-order valence-electron chi connectivity index (χ3n) is 6.51. The first-order valence-corrected chi connectivity index (χ1v) is 10.7. The molecule has 0 spiro atoms. The average molecular weight is 447 g/mol. The van der Waals surface area contributed by atoms with Gasteiger partial charge < -0.3 is 15.4 Å². The molecule has 4 rings (SSSR count). The number of nitrogens with one attached hydrogen (secondary N) is 1. The maximum Gasteiger partial charge on any atom is 0.266 e. The third-order valence-corrected chi connectivity index (χ3v) is 6.51. The van der Waals surface area contributed by atoms with E-state index < -0.39 is 17.8 Å². The Morgan fingerprint density at radius 2 is 1.94 bits per heavy atom. The summed E-state index contributed by atoms with van der Waals surface area (Å²) in [4.78, 5) is 26.9. The second kappa shape index (κ2) is 9.18. The number of hydrogen-bond donors (Lipinski definition) is 1. The predicted octanol–water partition coefficient (Wildman–Crippen LogP) is 3.46. The summed E-state index contributed by atoms with van der Waals surface area (Å²) in [5, 5.41) is 14.4. The number of alkyl halides is 2. The molecule has 2 fully saturated rings. The molecular weight excluding hydrogens is 423 g/mol. The zero-order chi connectivity index (χ0) is 22.8. The number of carbonyl (C=O) groups is 2. The maximum atomic E-state index is 13.9. The van der Waals surface area contributed by atoms with Crippen molar-refractivity contribution in [3.8, 4) is 0 Å². The van der Waals surface area contributed by atoms with E-state index in [1.165, 1.54) is 24.5 Å². The van der Waals surface area contributed by atoms with E-state index >= 15 is 0 Å². The van der Waals surface area contributed by atoms with E-state index in [1.807, 2.05) is 0 Å². The van der Waals surface area contributed by atoms with E-state index in [4.69, 9.17) is 0 Å². The molecule has 2 amide bonds. The first-order valence-electron chi connectivity index (χ1n) is 10.7. The van der Waals surface area contributed by atoms with Crippen LogP contribution in [-0.2, 0) is 0 Å². The number of rotatable bonds is 4. The number of carbonyl (C=O) groups excluding carboxylic acids is 2. The SMILES string of the molecule is O=C(NC1CCC2CN(C(=O)c3ccc(C(F)F)c(F)c3)CCC2C1)c1ccc[n+]([O-])c1. The van der Waals surface area contributed by atoms with Crippen LogP contribution in [0.4, 0.5) is 13.2 Å². The van der Waals surface area contributed by atoms with E-state index in [9.17, 15) is 28.0 Å². The number of amides is 2. The summed E-state index contributed by atoms with van der Waals surface area (Å²) in [6.45, 7) is 1.02. The van der Waals surface area contributed by atoms with Crippen molar-refractivity contribution in [3.63, 3.8) is 0 Å². The summed E-state index contributed by atoms with van der Waals surface area (Å²) in [6.07, 6.45) is 2.77. The molecule has 9 heteroatoms. The van der Waals surface area contributed by atoms with Gasteiger partial charge >= 0.3 is 0 Å². The van der Waals surface area contributed by atoms with Gasteiger partial charge in [0, 0.05) is 30.8 Å². The van der Waals surface area contributed by atoms with Crippen molar-refractivity contribution in [2.75, 3.05) is 13.1 Å². The Balaban J connectivity index is 1.34. The van der Waals surface area contributed by atoms with Crippen LogP contribution in [0.15, 0.2) is 42.7 Å². The standard InChI is InChI=1S/C23H24F3N3O3/c24-20-11-15(4-6-19(20)21(25)26)23(31)28-9-7-14-10-18(5-3-16(14)12-28)27-22(30)17-2-1-8-29(32)13-17/h1-2,4,6,8,11,13-14,16,18,21H,3,5,7,9-10,12H2,(H,27,30). The Morgan fingerprint density at radius 1 is 1.12 bits per heavy atom. The Kier molecular flexibility index (Phi) is 6.34. The van der Waals surface area contributed by atoms with Gasteiger partial charge in [-0.2, -0.15) is 4.73 Å². The highest BCUT2D eigenvalue weighted by Crippen LogP contribution is 2.37. The lowest BCUT2D eigenvalue weighted by Gasteiger charge is -2.43. The van der Waals surface area contributed by atoms with Gasteiger partial charge in [-0.3, -0.25) is 9.59 Å². The number of hydrogen-bond acceptors (Lipinski definition) is 3. The molecule has 0 bridgehead atoms. The molecule has 1 aromatic carbocycles. The lowest BCUT2D eigenvalue weighted by Crippen LogP contribution is -2.49. The molecular formula is C23H24F3N3O3. The third kappa shape index (κ3) is 4.71. The minimum Gasteiger partial charge on any atom is -0.619 e. The average Bonchev–Trinajstić information content (AvgIpc) is 2.78. The molecule has 2 heterocycles. The molecule has 0 radical (unpaired) electrons. The minimum atomic E-state index is -2.92. The first-order chi connectivity index (χ1) is 15.3. The lowest BCUT2D eigenvalue weighted by atomic mass is 9.73. The molecule has 6 nitrogen and oxygen atoms in total. The summed E-state index contributed by atoms with van der Waals surface area (Å²) in [7, 11) is 0. The Labute approximate surface area is 183 Å². The Bertz CT molecular complexity index is 1020. The number of likely N-dealkylation sites (tertiary alicyclic amines) is 1. The fraction of sp³-hybridized carbons (Fsp3) is 0.435. The molecule has 1 aromatic heterocycles. The summed E-state index contributed by atoms with van der Waals surface area (Å²) < 4.78 is 40.0. The smallest absolute Gasteiger partial charge is 0.266 e. The van der Waals surface area contributed by atoms with Crippen molar-refractivity contribution in [2.45, 2.75) is 38.2 Å². The molecule has 1 saturated heterocycles. The number of halogens is 3. The maximum absolute atomic E-state index is 13.9. The predicted molar refractivity (Wildman–Crippen MR) is 109 cm³/mol. The highest BCUT2D eigenvalue weighted by Gasteiger charge is 2.37. The van der Waals surface area contributed by atoms with Crippen molar-refractivity contribution < 1.29 is 27.5 Å². The molecule has 1 N–H and O–H groups in total. The van der Waals surface area contributed by atoms with E-state index in [0.717, 1.165) is 37.8 Å². The van der Waals surface area contributed by atoms with Gasteiger partial charge in [0.2, 0.25) is 0 Å². The van der Waals surface area contributed by atoms with E-state index in [-0.39, 0.29) is 29.3 Å². The van der Waals surface area contributed by atoms with Crippen LogP contribution >= 0.6 is 0 Å². The lowest BCUT2D eigenvalue weighted by molar-refractivity contribution is -0.605. The van der Waals surface area contributed by atoms with Gasteiger partial charge in [0.1, 0.15) is 11.4 Å². The van der Waals surface area contributed by atoms with E-state index in [0.29, 0.717) is 29.3 Å². The van der Waals surface area contributed by atoms with Crippen LogP contribution in [0.1, 0.15) is 58.4 Å². The summed E-state index contributed by atoms with van der Waals surface area (Å²) >= 11 is 0. The van der Waals surface area contributed by atoms with Crippen LogP contribution < -0.4 is 10.0 Å². The van der Waals surface area contributed by atoms with Crippen molar-refractivity contribution in [3.05, 3.63) is 70.4 Å². The molecule has 32 heavy (non-hydrogen) atoms. The number of pyridine rings is 1. The van der Waals surface area contributed by atoms with Gasteiger partial charge in [0.25, 0.3) is 18.2 Å². The highest BCUT2D eigenvalue weighted by molar-refractivity contribution is 5.94. The zero-order valence-electron chi connectivity index (χ0n) is 17.3. The molecule has 2 aromatic rings. The minimum absolute atomic E-state index is 0.00213. The van der Waals surface area contributed by atoms with Crippen molar-refractivity contribution in [2.24, 2.45) is 11.8 Å². The van der Waals surface area contributed by atoms with Crippen LogP contribution in [0.25, 0.3) is 0 Å². The molecule has 3 unspecified atom stereocenters. The van der Waals surface area contributed by atoms with Crippen LogP contribution in [0, 0.1) is 22.9 Å². The number of fused-ring (bicyclic) bond motifs is 1. The summed E-state index contributed by atoms with van der Waals surface area (Å²) in [5.74, 6) is -1.09. The van der Waals surface area contributed by atoms with Gasteiger partial charge in [0.15, 0.2) is 12.4 Å². The molecule has 1 aliphatic heterocycles. The highest BCUT2D eigenvalue weighted by atomic mass is 19.3. The second-order valence-electron chi connectivity index (χ2n) is 8.53. The van der Waals surface area contributed by atoms with Crippen LogP contribution in [-0.4, -0.2) is 35.8 Å². The molecule has 170 valence electrons. The van der Waals surface area contributed by atoms with Gasteiger partial charge in [-0.15, -0.1) is 0 Å². The van der Waals surface area contributed by atoms with Gasteiger partial charge in [-0.25, -0.2) is 13.2 Å². The largest absolute Gasteiger partial charge is 0.619 e. The molecule has 3 atom stereocenters. The van der Waals surface area contributed by atoms with Crippen LogP contribution in [0.5, 0.6) is 0 Å². The second-order valence-corrected chi connectivity index (χ2v) is 8.53. The summed E-state index contributed by atoms with van der Waals surface area (Å²) in [6, 6.07) is 6.23. The Hall–Kier alpha value is -3.10. The molecule has 2 aliphatic rings. The van der Waals surface area contributed by atoms with Crippen LogP contribution in [0.3, 0.4) is 0 Å². The topological polar surface area (TPSA) is 76.4 Å². The first kappa shape index (κ1) is 22.1. The quantitative estimate of drug-likeness (QED) is 0.576. The van der Waals surface area contributed by atoms with Crippen molar-refractivity contribution >= 4 is 11.8 Å². The van der Waals surface area contributed by atoms with Gasteiger partial charge in [0.05, 0.1) is 5.56 Å². The fourth-order valence-electron chi connectivity index (χ4n) is 4.81. The number of piperidine rings is 1. The summed E-state index contributed by atoms with van der Waals surface area (Å²) in [5.41, 5.74) is -0.318. The molecule has 1 aliphatic carbocycles. The monoisotopic (exact) mass is 447 g/mol. The normalized spacial score (nSPS) is 23.0. The number of aromatic nitrogens is 1. The van der Waals surface area contributed by atoms with E-state index in [1.54, 1.807) is 11.0 Å². The molecule has 1 saturated carbocycles. The number of benzene rings is 1. The van der Waals surface area contributed by atoms with Crippen molar-refractivity contribution in [1.82, 2.24) is 10.2 Å². The van der Waals surface area contributed by atoms with Crippen LogP contribution in [0.2, 0.25) is 0 Å². The zero-order valence-corrected chi connectivity index (χ0v) is 17.3.